The minimum atomic E-state index is -4.54. The van der Waals surface area contributed by atoms with Crippen molar-refractivity contribution in [2.24, 2.45) is 5.41 Å². The number of rotatable bonds is 9. The Labute approximate surface area is 159 Å². The first-order valence-corrected chi connectivity index (χ1v) is 10.4. The van der Waals surface area contributed by atoms with E-state index in [9.17, 15) is 8.42 Å². The number of hydroxylamine groups is 3. The normalized spacial score (nSPS) is 23.4. The second kappa shape index (κ2) is 7.85. The van der Waals surface area contributed by atoms with E-state index in [1.807, 2.05) is 20.8 Å². The molecule has 0 radical (unpaired) electrons. The van der Waals surface area contributed by atoms with Crippen LogP contribution in [0.15, 0.2) is 12.7 Å². The van der Waals surface area contributed by atoms with Crippen LogP contribution in [0, 0.1) is 5.41 Å². The molecule has 1 atom stereocenters. The molecule has 1 fully saturated rings. The maximum Gasteiger partial charge on any atom is 0.413 e. The molecule has 0 aromatic rings. The fourth-order valence-corrected chi connectivity index (χ4v) is 4.16. The lowest BCUT2D eigenvalue weighted by Crippen LogP contribution is -2.61. The Balaban J connectivity index is 2.85. The Morgan fingerprint density at radius 1 is 1.19 bits per heavy atom. The van der Waals surface area contributed by atoms with Crippen LogP contribution in [0.3, 0.4) is 0 Å². The van der Waals surface area contributed by atoms with Crippen molar-refractivity contribution in [1.82, 2.24) is 10.5 Å². The number of nitrogens with zero attached hydrogens (tertiary/aromatic N) is 1. The van der Waals surface area contributed by atoms with E-state index in [0.29, 0.717) is 6.42 Å². The summed E-state index contributed by atoms with van der Waals surface area (Å²) in [4.78, 5) is 6.50. The summed E-state index contributed by atoms with van der Waals surface area (Å²) in [6, 6.07) is 0. The predicted molar refractivity (Wildman–Crippen MR) is 103 cm³/mol. The van der Waals surface area contributed by atoms with Gasteiger partial charge in [-0.05, 0) is 67.2 Å². The molecule has 0 amide bonds. The topological polar surface area (TPSA) is 88.1 Å². The van der Waals surface area contributed by atoms with Gasteiger partial charge in [-0.25, -0.2) is 0 Å². The molecule has 26 heavy (non-hydrogen) atoms. The Kier molecular flexibility index (Phi) is 7.10. The summed E-state index contributed by atoms with van der Waals surface area (Å²) in [5, 5.41) is 2.12. The van der Waals surface area contributed by atoms with E-state index in [2.05, 4.69) is 49.1 Å². The van der Waals surface area contributed by atoms with Crippen LogP contribution in [-0.4, -0.2) is 41.3 Å². The fraction of sp³-hybridized carbons (Fsp3) is 0.889. The highest BCUT2D eigenvalue weighted by atomic mass is 32.3. The monoisotopic (exact) mass is 392 g/mol. The molecule has 0 aromatic carbocycles. The van der Waals surface area contributed by atoms with Crippen LogP contribution in [0.2, 0.25) is 0 Å². The van der Waals surface area contributed by atoms with Crippen LogP contribution in [-0.2, 0) is 19.5 Å². The highest BCUT2D eigenvalue weighted by molar-refractivity contribution is 7.80. The zero-order chi connectivity index (χ0) is 20.4. The average Bonchev–Trinajstić information content (AvgIpc) is 2.41. The molecule has 0 aliphatic carbocycles. The van der Waals surface area contributed by atoms with E-state index in [0.717, 1.165) is 12.8 Å². The third kappa shape index (κ3) is 6.90. The van der Waals surface area contributed by atoms with Gasteiger partial charge in [-0.3, -0.25) is 9.39 Å². The van der Waals surface area contributed by atoms with Crippen LogP contribution >= 0.6 is 0 Å². The molecule has 1 aliphatic rings. The second-order valence-electron chi connectivity index (χ2n) is 9.49. The molecular weight excluding hydrogens is 356 g/mol. The van der Waals surface area contributed by atoms with Crippen LogP contribution < -0.4 is 5.48 Å². The first kappa shape index (κ1) is 23.5. The molecule has 0 aromatic heterocycles. The van der Waals surface area contributed by atoms with E-state index in [1.54, 1.807) is 6.08 Å². The number of hydrogen-bond acceptors (Lipinski definition) is 6. The van der Waals surface area contributed by atoms with Crippen LogP contribution in [0.1, 0.15) is 74.1 Å². The van der Waals surface area contributed by atoms with E-state index >= 15 is 0 Å². The van der Waals surface area contributed by atoms with Gasteiger partial charge in [-0.15, -0.1) is 6.58 Å². The molecule has 1 rings (SSSR count). The lowest BCUT2D eigenvalue weighted by atomic mass is 9.79. The maximum atomic E-state index is 10.7. The quantitative estimate of drug-likeness (QED) is 0.352. The van der Waals surface area contributed by atoms with Gasteiger partial charge in [0.1, 0.15) is 0 Å². The molecular formula is C18H36N2O5S. The van der Waals surface area contributed by atoms with Crippen molar-refractivity contribution in [3.63, 3.8) is 0 Å². The Bertz CT molecular complexity index is 585. The van der Waals surface area contributed by atoms with Gasteiger partial charge >= 0.3 is 10.4 Å². The zero-order valence-electron chi connectivity index (χ0n) is 17.3. The third-order valence-electron chi connectivity index (χ3n) is 4.98. The Hall–Kier alpha value is -0.510. The molecule has 0 spiro atoms. The summed E-state index contributed by atoms with van der Waals surface area (Å²) in [6.07, 6.45) is 5.62. The van der Waals surface area contributed by atoms with Gasteiger partial charge in [0.15, 0.2) is 0 Å². The molecule has 1 aliphatic heterocycles. The van der Waals surface area contributed by atoms with Gasteiger partial charge in [-0.2, -0.15) is 23.2 Å². The maximum absolute atomic E-state index is 10.7. The summed E-state index contributed by atoms with van der Waals surface area (Å²) in [5.74, 6) is 0. The van der Waals surface area contributed by atoms with Gasteiger partial charge in [0.05, 0.1) is 5.60 Å². The Morgan fingerprint density at radius 3 is 2.12 bits per heavy atom. The molecule has 2 N–H and O–H groups in total. The molecule has 0 saturated carbocycles. The van der Waals surface area contributed by atoms with Crippen LogP contribution in [0.4, 0.5) is 0 Å². The SMILES string of the molecule is C=CC(C)(CNOS(=O)(=O)O)CC(C)(C)ON1C(C)(C)CCCC1(C)C. The van der Waals surface area contributed by atoms with Gasteiger partial charge in [-0.1, -0.05) is 13.0 Å². The lowest BCUT2D eigenvalue weighted by Gasteiger charge is -2.54. The Morgan fingerprint density at radius 2 is 1.69 bits per heavy atom. The summed E-state index contributed by atoms with van der Waals surface area (Å²) in [6.45, 7) is 18.7. The van der Waals surface area contributed by atoms with Crippen LogP contribution in [0.25, 0.3) is 0 Å². The summed E-state index contributed by atoms with van der Waals surface area (Å²) in [7, 11) is -4.54. The molecule has 8 heteroatoms. The zero-order valence-corrected chi connectivity index (χ0v) is 18.1. The fourth-order valence-electron chi connectivity index (χ4n) is 3.95. The van der Waals surface area contributed by atoms with Crippen molar-refractivity contribution in [2.45, 2.75) is 90.8 Å². The largest absolute Gasteiger partial charge is 0.413 e. The van der Waals surface area contributed by atoms with Crippen molar-refractivity contribution < 1.29 is 22.1 Å². The molecule has 1 unspecified atom stereocenters. The van der Waals surface area contributed by atoms with Gasteiger partial charge in [0.25, 0.3) is 0 Å². The number of piperidine rings is 1. The third-order valence-corrected chi connectivity index (χ3v) is 5.31. The van der Waals surface area contributed by atoms with Crippen molar-refractivity contribution in [3.8, 4) is 0 Å². The first-order chi connectivity index (χ1) is 11.5. The van der Waals surface area contributed by atoms with E-state index in [-0.39, 0.29) is 17.6 Å². The van der Waals surface area contributed by atoms with Gasteiger partial charge in [0, 0.05) is 23.0 Å². The van der Waals surface area contributed by atoms with E-state index in [1.165, 1.54) is 6.42 Å². The first-order valence-electron chi connectivity index (χ1n) is 9.04. The molecule has 154 valence electrons. The highest BCUT2D eigenvalue weighted by Gasteiger charge is 2.45. The molecule has 1 saturated heterocycles. The smallest absolute Gasteiger partial charge is 0.292 e. The van der Waals surface area contributed by atoms with Crippen molar-refractivity contribution in [3.05, 3.63) is 12.7 Å². The molecule has 1 heterocycles. The van der Waals surface area contributed by atoms with Crippen molar-refractivity contribution in [2.75, 3.05) is 6.54 Å². The summed E-state index contributed by atoms with van der Waals surface area (Å²) < 4.78 is 34.3. The van der Waals surface area contributed by atoms with Gasteiger partial charge < -0.3 is 0 Å². The van der Waals surface area contributed by atoms with E-state index in [4.69, 9.17) is 9.39 Å². The van der Waals surface area contributed by atoms with Gasteiger partial charge in [0.2, 0.25) is 0 Å². The predicted octanol–water partition coefficient (Wildman–Crippen LogP) is 3.65. The summed E-state index contributed by atoms with van der Waals surface area (Å²) in [5.41, 5.74) is 1.13. The lowest BCUT2D eigenvalue weighted by molar-refractivity contribution is -0.332. The highest BCUT2D eigenvalue weighted by Crippen LogP contribution is 2.42. The van der Waals surface area contributed by atoms with Crippen molar-refractivity contribution in [1.29, 1.82) is 0 Å². The number of hydrogen-bond donors (Lipinski definition) is 2. The minimum Gasteiger partial charge on any atom is -0.292 e. The van der Waals surface area contributed by atoms with Crippen LogP contribution in [0.5, 0.6) is 0 Å². The standard InChI is InChI=1S/C18H36N2O5S/c1-9-18(8,14-19-25-26(21,22)23)13-17(6,7)24-20-15(2,3)11-10-12-16(20,4)5/h9,19H,1,10-14H2,2-8H3,(H,21,22,23). The summed E-state index contributed by atoms with van der Waals surface area (Å²) >= 11 is 0. The van der Waals surface area contributed by atoms with E-state index < -0.39 is 21.4 Å². The second-order valence-corrected chi connectivity index (χ2v) is 10.5. The average molecular weight is 393 g/mol. The molecule has 7 nitrogen and oxygen atoms in total. The number of nitrogens with one attached hydrogen (secondary N) is 1. The van der Waals surface area contributed by atoms with Crippen molar-refractivity contribution >= 4 is 10.4 Å². The minimum absolute atomic E-state index is 0.0735. The molecule has 0 bridgehead atoms.